The van der Waals surface area contributed by atoms with Crippen molar-refractivity contribution < 1.29 is 4.79 Å². The highest BCUT2D eigenvalue weighted by Gasteiger charge is 2.19. The lowest BCUT2D eigenvalue weighted by Crippen LogP contribution is -2.23. The van der Waals surface area contributed by atoms with E-state index in [0.717, 1.165) is 48.4 Å². The molecule has 2 atom stereocenters. The molecule has 0 spiro atoms. The van der Waals surface area contributed by atoms with Crippen molar-refractivity contribution in [1.29, 1.82) is 0 Å². The zero-order valence-electron chi connectivity index (χ0n) is 24.2. The maximum absolute atomic E-state index is 12.6. The monoisotopic (exact) mass is 556 g/mol. The number of nitrogens with zero attached hydrogens (tertiary/aromatic N) is 1. The van der Waals surface area contributed by atoms with E-state index in [4.69, 9.17) is 28.2 Å². The molecule has 1 heterocycles. The van der Waals surface area contributed by atoms with Gasteiger partial charge in [0.25, 0.3) is 0 Å². The van der Waals surface area contributed by atoms with Gasteiger partial charge in [0.05, 0.1) is 15.7 Å². The molecular formula is C30H51Cl2N2OP. The van der Waals surface area contributed by atoms with Crippen LogP contribution in [0, 0.1) is 17.8 Å². The molecule has 2 rings (SSSR count). The number of nitrogens with one attached hydrogen (secondary N) is 1. The van der Waals surface area contributed by atoms with Crippen molar-refractivity contribution in [3.63, 3.8) is 0 Å². The Bertz CT molecular complexity index is 862. The van der Waals surface area contributed by atoms with Gasteiger partial charge in [-0.3, -0.25) is 4.79 Å². The summed E-state index contributed by atoms with van der Waals surface area (Å²) in [5, 5.41) is 5.96. The lowest BCUT2D eigenvalue weighted by Gasteiger charge is -2.16. The molecule has 0 aliphatic carbocycles. The van der Waals surface area contributed by atoms with Crippen LogP contribution in [0.1, 0.15) is 106 Å². The van der Waals surface area contributed by atoms with Gasteiger partial charge in [-0.2, -0.15) is 0 Å². The van der Waals surface area contributed by atoms with Crippen molar-refractivity contribution in [2.45, 2.75) is 107 Å². The van der Waals surface area contributed by atoms with Gasteiger partial charge in [0.1, 0.15) is 11.3 Å². The molecule has 1 aromatic heterocycles. The van der Waals surface area contributed by atoms with E-state index >= 15 is 0 Å². The third kappa shape index (κ3) is 14.1. The molecule has 0 saturated heterocycles. The number of halogens is 2. The van der Waals surface area contributed by atoms with Crippen LogP contribution in [0.15, 0.2) is 18.2 Å². The molecule has 1 aromatic carbocycles. The summed E-state index contributed by atoms with van der Waals surface area (Å²) in [6.45, 7) is 19.9. The van der Waals surface area contributed by atoms with Crippen LogP contribution in [-0.4, -0.2) is 17.3 Å². The van der Waals surface area contributed by atoms with Crippen LogP contribution in [0.4, 0.5) is 5.55 Å². The number of Topliss-reactive ketones (excluding diaryl/α,β-unsaturated/α-hetero) is 1. The quantitative estimate of drug-likeness (QED) is 0.249. The van der Waals surface area contributed by atoms with Gasteiger partial charge in [0.2, 0.25) is 0 Å². The summed E-state index contributed by atoms with van der Waals surface area (Å²) in [5.41, 5.74) is 2.99. The van der Waals surface area contributed by atoms with E-state index in [-0.39, 0.29) is 5.92 Å². The Morgan fingerprint density at radius 1 is 1.00 bits per heavy atom. The second kappa shape index (κ2) is 20.0. The first-order chi connectivity index (χ1) is 17.1. The molecule has 1 N–H and O–H groups in total. The van der Waals surface area contributed by atoms with Crippen LogP contribution >= 0.6 is 31.4 Å². The molecule has 206 valence electrons. The van der Waals surface area contributed by atoms with E-state index in [0.29, 0.717) is 42.9 Å². The van der Waals surface area contributed by atoms with Gasteiger partial charge in [-0.1, -0.05) is 119 Å². The molecule has 0 saturated carbocycles. The molecule has 0 radical (unpaired) electrons. The summed E-state index contributed by atoms with van der Waals surface area (Å²) in [6, 6.07) is 5.71. The minimum Gasteiger partial charge on any atom is -0.366 e. The van der Waals surface area contributed by atoms with E-state index < -0.39 is 0 Å². The van der Waals surface area contributed by atoms with Crippen LogP contribution in [0.25, 0.3) is 11.3 Å². The maximum atomic E-state index is 12.6. The van der Waals surface area contributed by atoms with Gasteiger partial charge < -0.3 is 5.32 Å². The Kier molecular flexibility index (Phi) is 19.4. The van der Waals surface area contributed by atoms with E-state index in [9.17, 15) is 4.79 Å². The number of unbranched alkanes of at least 4 members (excludes halogenated alkanes) is 2. The number of hydrogen-bond acceptors (Lipinski definition) is 3. The number of hydrogen-bond donors (Lipinski definition) is 1. The third-order valence-corrected chi connectivity index (χ3v) is 7.22. The summed E-state index contributed by atoms with van der Waals surface area (Å²) in [6.07, 6.45) is 7.00. The van der Waals surface area contributed by atoms with Crippen molar-refractivity contribution >= 4 is 42.7 Å². The summed E-state index contributed by atoms with van der Waals surface area (Å²) < 4.78 is 0. The Morgan fingerprint density at radius 3 is 2.17 bits per heavy atom. The number of ketones is 1. The van der Waals surface area contributed by atoms with Gasteiger partial charge in [-0.05, 0) is 48.5 Å². The Balaban J connectivity index is 0.00000185. The number of anilines is 1. The molecular weight excluding hydrogens is 506 g/mol. The molecule has 0 fully saturated rings. The third-order valence-electron chi connectivity index (χ3n) is 5.21. The van der Waals surface area contributed by atoms with E-state index in [2.05, 4.69) is 53.8 Å². The lowest BCUT2D eigenvalue weighted by atomic mass is 9.94. The average Bonchev–Trinajstić information content (AvgIpc) is 3.21. The SMILES string of the molecule is CC.CC(C)C.CCCCCC(CNc1nc(-c2ccc(Cl)c(Cl)c2)c(CC(C)C)[pH]1)C(=O)CCC. The average molecular weight is 558 g/mol. The van der Waals surface area contributed by atoms with Crippen molar-refractivity contribution in [3.05, 3.63) is 33.5 Å². The number of benzene rings is 1. The molecule has 3 nitrogen and oxygen atoms in total. The van der Waals surface area contributed by atoms with Crippen molar-refractivity contribution in [2.24, 2.45) is 17.8 Å². The highest BCUT2D eigenvalue weighted by Crippen LogP contribution is 2.38. The van der Waals surface area contributed by atoms with Gasteiger partial charge in [0.15, 0.2) is 0 Å². The minimum atomic E-state index is 0.0755. The van der Waals surface area contributed by atoms with Gasteiger partial charge in [0, 0.05) is 24.4 Å². The van der Waals surface area contributed by atoms with Crippen molar-refractivity contribution in [1.82, 2.24) is 4.98 Å². The molecule has 2 aromatic rings. The minimum absolute atomic E-state index is 0.0755. The second-order valence-corrected chi connectivity index (χ2v) is 12.3. The zero-order chi connectivity index (χ0) is 27.7. The summed E-state index contributed by atoms with van der Waals surface area (Å²) >= 11 is 12.4. The number of aromatic nitrogens is 1. The van der Waals surface area contributed by atoms with Gasteiger partial charge in [-0.15, -0.1) is 0 Å². The van der Waals surface area contributed by atoms with E-state index in [1.807, 2.05) is 32.0 Å². The zero-order valence-corrected chi connectivity index (χ0v) is 26.7. The molecule has 0 aliphatic rings. The molecule has 6 heteroatoms. The van der Waals surface area contributed by atoms with E-state index in [1.165, 1.54) is 18.1 Å². The largest absolute Gasteiger partial charge is 0.366 e. The van der Waals surface area contributed by atoms with E-state index in [1.54, 1.807) is 0 Å². The van der Waals surface area contributed by atoms with Crippen LogP contribution in [0.2, 0.25) is 10.0 Å². The summed E-state index contributed by atoms with van der Waals surface area (Å²) in [4.78, 5) is 17.5. The molecule has 0 aliphatic heterocycles. The maximum Gasteiger partial charge on any atom is 0.142 e. The first-order valence-electron chi connectivity index (χ1n) is 13.9. The van der Waals surface area contributed by atoms with Crippen LogP contribution in [0.5, 0.6) is 0 Å². The second-order valence-electron chi connectivity index (χ2n) is 10.2. The van der Waals surface area contributed by atoms with Crippen LogP contribution in [-0.2, 0) is 11.2 Å². The molecule has 0 bridgehead atoms. The summed E-state index contributed by atoms with van der Waals surface area (Å²) in [7, 11) is 0.511. The fraction of sp³-hybridized carbons (Fsp3) is 0.667. The number of carbonyl (C=O) groups excluding carboxylic acids is 1. The van der Waals surface area contributed by atoms with Crippen molar-refractivity contribution in [3.8, 4) is 11.3 Å². The topological polar surface area (TPSA) is 42.0 Å². The van der Waals surface area contributed by atoms with Crippen LogP contribution < -0.4 is 5.32 Å². The first kappa shape index (κ1) is 35.0. The Labute approximate surface area is 233 Å². The smallest absolute Gasteiger partial charge is 0.142 e. The fourth-order valence-corrected chi connectivity index (χ4v) is 5.39. The predicted molar refractivity (Wildman–Crippen MR) is 166 cm³/mol. The standard InChI is InChI=1S/C24H35Cl2N2OP.C4H10.C2H6/c1-5-7-8-10-18(21(29)9-6-2)15-27-24-28-23(22(30-24)13-16(3)4)17-11-12-19(25)20(26)14-17;1-4(2)3;1-2/h11-12,14,16,18,30H,5-10,13,15H2,1-4H3,(H,27,28);4H,1-3H3;1-2H3. The molecule has 0 amide bonds. The fourth-order valence-electron chi connectivity index (χ4n) is 3.62. The highest BCUT2D eigenvalue weighted by molar-refractivity contribution is 7.35. The summed E-state index contributed by atoms with van der Waals surface area (Å²) in [5.74, 6) is 1.84. The van der Waals surface area contributed by atoms with Gasteiger partial charge in [-0.25, -0.2) is 4.98 Å². The number of rotatable bonds is 13. The molecule has 2 unspecified atom stereocenters. The normalized spacial score (nSPS) is 11.7. The molecule has 36 heavy (non-hydrogen) atoms. The van der Waals surface area contributed by atoms with Crippen LogP contribution in [0.3, 0.4) is 0 Å². The first-order valence-corrected chi connectivity index (χ1v) is 15.6. The Hall–Kier alpha value is -1.02. The van der Waals surface area contributed by atoms with Crippen molar-refractivity contribution in [2.75, 3.05) is 11.9 Å². The number of carbonyl (C=O) groups is 1. The lowest BCUT2D eigenvalue weighted by molar-refractivity contribution is -0.122. The Morgan fingerprint density at radius 2 is 1.64 bits per heavy atom. The predicted octanol–water partition coefficient (Wildman–Crippen LogP) is 11.0. The highest BCUT2D eigenvalue weighted by atomic mass is 35.5. The van der Waals surface area contributed by atoms with Gasteiger partial charge >= 0.3 is 0 Å².